The number of H-pyrrole nitrogens is 1. The van der Waals surface area contributed by atoms with E-state index in [4.69, 9.17) is 0 Å². The van der Waals surface area contributed by atoms with Crippen LogP contribution in [0.3, 0.4) is 0 Å². The first-order valence-corrected chi connectivity index (χ1v) is 7.37. The summed E-state index contributed by atoms with van der Waals surface area (Å²) >= 11 is 0. The predicted octanol–water partition coefficient (Wildman–Crippen LogP) is 3.97. The molecule has 20 heavy (non-hydrogen) atoms. The van der Waals surface area contributed by atoms with Gasteiger partial charge >= 0.3 is 0 Å². The lowest BCUT2D eigenvalue weighted by Crippen LogP contribution is -2.21. The molecule has 1 saturated heterocycles. The van der Waals surface area contributed by atoms with E-state index in [-0.39, 0.29) is 0 Å². The number of benzene rings is 2. The molecule has 1 aromatic heterocycles. The summed E-state index contributed by atoms with van der Waals surface area (Å²) in [6.07, 6.45) is 1.23. The highest BCUT2D eigenvalue weighted by Gasteiger charge is 2.38. The zero-order chi connectivity index (χ0) is 13.1. The lowest BCUT2D eigenvalue weighted by molar-refractivity contribution is 0.560. The van der Waals surface area contributed by atoms with Gasteiger partial charge in [0.15, 0.2) is 0 Å². The van der Waals surface area contributed by atoms with Crippen molar-refractivity contribution in [3.8, 4) is 11.1 Å². The van der Waals surface area contributed by atoms with Gasteiger partial charge in [0.05, 0.1) is 6.04 Å². The average molecular weight is 260 g/mol. The molecule has 0 spiro atoms. The molecule has 98 valence electrons. The van der Waals surface area contributed by atoms with Crippen LogP contribution in [0.2, 0.25) is 0 Å². The quantitative estimate of drug-likeness (QED) is 0.629. The molecule has 1 aliphatic carbocycles. The first kappa shape index (κ1) is 10.7. The van der Waals surface area contributed by atoms with Crippen LogP contribution in [-0.4, -0.2) is 11.5 Å². The maximum Gasteiger partial charge on any atom is 0.0549 e. The maximum absolute atomic E-state index is 3.69. The smallest absolute Gasteiger partial charge is 0.0549 e. The van der Waals surface area contributed by atoms with Gasteiger partial charge in [0.25, 0.3) is 0 Å². The molecule has 2 aliphatic rings. The molecule has 2 aromatic carbocycles. The zero-order valence-corrected chi connectivity index (χ0v) is 11.2. The summed E-state index contributed by atoms with van der Waals surface area (Å²) in [5.74, 6) is 0.617. The molecule has 1 fully saturated rings. The van der Waals surface area contributed by atoms with Gasteiger partial charge in [-0.2, -0.15) is 0 Å². The number of hydrogen-bond acceptors (Lipinski definition) is 1. The van der Waals surface area contributed by atoms with E-state index in [0.29, 0.717) is 12.0 Å². The third kappa shape index (κ3) is 1.22. The maximum atomic E-state index is 3.69. The van der Waals surface area contributed by atoms with Crippen molar-refractivity contribution in [3.63, 3.8) is 0 Å². The Bertz CT molecular complexity index is 815. The Morgan fingerprint density at radius 2 is 1.80 bits per heavy atom. The van der Waals surface area contributed by atoms with Crippen LogP contribution < -0.4 is 5.32 Å². The van der Waals surface area contributed by atoms with Crippen molar-refractivity contribution in [2.24, 2.45) is 0 Å². The number of hydrogen-bond donors (Lipinski definition) is 2. The Balaban J connectivity index is 1.93. The van der Waals surface area contributed by atoms with Crippen LogP contribution in [0.5, 0.6) is 0 Å². The zero-order valence-electron chi connectivity index (χ0n) is 11.2. The Kier molecular flexibility index (Phi) is 2.00. The van der Waals surface area contributed by atoms with Crippen LogP contribution in [0.1, 0.15) is 29.6 Å². The van der Waals surface area contributed by atoms with Gasteiger partial charge in [0, 0.05) is 28.1 Å². The van der Waals surface area contributed by atoms with Gasteiger partial charge in [0.2, 0.25) is 0 Å². The molecule has 0 saturated carbocycles. The van der Waals surface area contributed by atoms with Gasteiger partial charge in [-0.1, -0.05) is 42.5 Å². The van der Waals surface area contributed by atoms with Crippen LogP contribution in [0.25, 0.3) is 22.0 Å². The molecular weight excluding hydrogens is 244 g/mol. The summed E-state index contributed by atoms with van der Waals surface area (Å²) in [4.78, 5) is 3.67. The normalized spacial score (nSPS) is 23.4. The highest BCUT2D eigenvalue weighted by atomic mass is 15.0. The van der Waals surface area contributed by atoms with Gasteiger partial charge in [-0.25, -0.2) is 0 Å². The molecule has 2 heteroatoms. The topological polar surface area (TPSA) is 27.8 Å². The van der Waals surface area contributed by atoms with E-state index in [2.05, 4.69) is 58.8 Å². The first-order chi connectivity index (χ1) is 9.93. The number of rotatable bonds is 0. The Morgan fingerprint density at radius 3 is 2.80 bits per heavy atom. The van der Waals surface area contributed by atoms with Crippen LogP contribution in [-0.2, 0) is 0 Å². The van der Waals surface area contributed by atoms with Crippen molar-refractivity contribution in [3.05, 3.63) is 59.8 Å². The minimum Gasteiger partial charge on any atom is -0.357 e. The molecule has 0 bridgehead atoms. The lowest BCUT2D eigenvalue weighted by atomic mass is 9.78. The predicted molar refractivity (Wildman–Crippen MR) is 81.8 cm³/mol. The fourth-order valence-corrected chi connectivity index (χ4v) is 4.08. The van der Waals surface area contributed by atoms with Crippen LogP contribution in [0.4, 0.5) is 0 Å². The summed E-state index contributed by atoms with van der Waals surface area (Å²) in [5.41, 5.74) is 6.98. The minimum absolute atomic E-state index is 0.451. The summed E-state index contributed by atoms with van der Waals surface area (Å²) in [7, 11) is 0. The highest BCUT2D eigenvalue weighted by Crippen LogP contribution is 2.51. The largest absolute Gasteiger partial charge is 0.357 e. The SMILES string of the molecule is c1ccc2c(c1)-c1c([nH]c3ccccc13)C1NCCC21. The second-order valence-corrected chi connectivity index (χ2v) is 5.87. The summed E-state index contributed by atoms with van der Waals surface area (Å²) in [6.45, 7) is 1.11. The van der Waals surface area contributed by atoms with Crippen molar-refractivity contribution < 1.29 is 0 Å². The second kappa shape index (κ2) is 3.74. The lowest BCUT2D eigenvalue weighted by Gasteiger charge is -2.28. The summed E-state index contributed by atoms with van der Waals surface area (Å²) in [5, 5.41) is 5.03. The van der Waals surface area contributed by atoms with Gasteiger partial charge in [-0.3, -0.25) is 0 Å². The van der Waals surface area contributed by atoms with E-state index in [1.807, 2.05) is 0 Å². The molecular formula is C18H16N2. The molecule has 2 heterocycles. The molecule has 2 nitrogen and oxygen atoms in total. The van der Waals surface area contributed by atoms with Gasteiger partial charge < -0.3 is 10.3 Å². The van der Waals surface area contributed by atoms with Crippen molar-refractivity contribution >= 4 is 10.9 Å². The van der Waals surface area contributed by atoms with E-state index in [1.165, 1.54) is 39.7 Å². The Hall–Kier alpha value is -2.06. The molecule has 5 rings (SSSR count). The average Bonchev–Trinajstić information content (AvgIpc) is 3.12. The highest BCUT2D eigenvalue weighted by molar-refractivity contribution is 5.99. The fraction of sp³-hybridized carbons (Fsp3) is 0.222. The van der Waals surface area contributed by atoms with Crippen LogP contribution in [0.15, 0.2) is 48.5 Å². The van der Waals surface area contributed by atoms with Gasteiger partial charge in [-0.15, -0.1) is 0 Å². The first-order valence-electron chi connectivity index (χ1n) is 7.37. The molecule has 1 aliphatic heterocycles. The number of aromatic amines is 1. The standard InChI is InChI=1S/C18H16N2/c1-2-6-12-11(5-1)13-9-10-19-17(13)18-16(12)14-7-3-4-8-15(14)20-18/h1-8,13,17,19-20H,9-10H2. The van der Waals surface area contributed by atoms with Crippen molar-refractivity contribution in [2.75, 3.05) is 6.54 Å². The van der Waals surface area contributed by atoms with Crippen molar-refractivity contribution in [1.29, 1.82) is 0 Å². The van der Waals surface area contributed by atoms with Crippen LogP contribution in [0, 0.1) is 0 Å². The number of para-hydroxylation sites is 1. The Morgan fingerprint density at radius 1 is 0.950 bits per heavy atom. The third-order valence-electron chi connectivity index (χ3n) is 4.90. The van der Waals surface area contributed by atoms with E-state index in [9.17, 15) is 0 Å². The minimum atomic E-state index is 0.451. The van der Waals surface area contributed by atoms with Gasteiger partial charge in [-0.05, 0) is 30.2 Å². The fourth-order valence-electron chi connectivity index (χ4n) is 4.08. The monoisotopic (exact) mass is 260 g/mol. The number of nitrogens with one attached hydrogen (secondary N) is 2. The van der Waals surface area contributed by atoms with Crippen molar-refractivity contribution in [2.45, 2.75) is 18.4 Å². The molecule has 2 atom stereocenters. The van der Waals surface area contributed by atoms with E-state index < -0.39 is 0 Å². The van der Waals surface area contributed by atoms with Crippen LogP contribution >= 0.6 is 0 Å². The molecule has 2 N–H and O–H groups in total. The number of aromatic nitrogens is 1. The van der Waals surface area contributed by atoms with E-state index in [0.717, 1.165) is 6.54 Å². The molecule has 3 aromatic rings. The van der Waals surface area contributed by atoms with Gasteiger partial charge in [0.1, 0.15) is 0 Å². The summed E-state index contributed by atoms with van der Waals surface area (Å²) in [6, 6.07) is 18.0. The second-order valence-electron chi connectivity index (χ2n) is 5.87. The molecule has 2 unspecified atom stereocenters. The van der Waals surface area contributed by atoms with E-state index in [1.54, 1.807) is 0 Å². The summed E-state index contributed by atoms with van der Waals surface area (Å²) < 4.78 is 0. The van der Waals surface area contributed by atoms with Crippen molar-refractivity contribution in [1.82, 2.24) is 10.3 Å². The molecule has 0 radical (unpaired) electrons. The third-order valence-corrected chi connectivity index (χ3v) is 4.90. The molecule has 0 amide bonds. The van der Waals surface area contributed by atoms with E-state index >= 15 is 0 Å². The Labute approximate surface area is 117 Å². The number of fused-ring (bicyclic) bond motifs is 8.